The fourth-order valence-corrected chi connectivity index (χ4v) is 1.80. The van der Waals surface area contributed by atoms with E-state index in [-0.39, 0.29) is 18.9 Å². The molecule has 0 aromatic carbocycles. The van der Waals surface area contributed by atoms with Gasteiger partial charge in [0.2, 0.25) is 0 Å². The molecule has 0 atom stereocenters. The van der Waals surface area contributed by atoms with Gasteiger partial charge < -0.3 is 9.47 Å². The predicted molar refractivity (Wildman–Crippen MR) is 67.1 cm³/mol. The average Bonchev–Trinajstić information content (AvgIpc) is 2.38. The van der Waals surface area contributed by atoms with E-state index < -0.39 is 0 Å². The minimum absolute atomic E-state index is 0. The third-order valence-corrected chi connectivity index (χ3v) is 2.54. The van der Waals surface area contributed by atoms with E-state index in [1.54, 1.807) is 20.4 Å². The summed E-state index contributed by atoms with van der Waals surface area (Å²) in [6.07, 6.45) is 1.70. The maximum atomic E-state index is 5.30. The van der Waals surface area contributed by atoms with E-state index in [1.807, 2.05) is 18.2 Å². The summed E-state index contributed by atoms with van der Waals surface area (Å²) >= 11 is 3.28. The van der Waals surface area contributed by atoms with Crippen LogP contribution in [0.4, 0.5) is 0 Å². The maximum absolute atomic E-state index is 5.30. The van der Waals surface area contributed by atoms with Crippen LogP contribution in [0.25, 0.3) is 11.4 Å². The van der Waals surface area contributed by atoms with Crippen LogP contribution in [0.3, 0.4) is 0 Å². The molecule has 2 aromatic heterocycles. The predicted octanol–water partition coefficient (Wildman–Crippen LogP) is -0.273. The van der Waals surface area contributed by atoms with Gasteiger partial charge in [-0.2, -0.15) is 6.07 Å². The summed E-state index contributed by atoms with van der Waals surface area (Å²) in [4.78, 5) is 8.56. The van der Waals surface area contributed by atoms with Crippen molar-refractivity contribution in [2.75, 3.05) is 14.2 Å². The van der Waals surface area contributed by atoms with Gasteiger partial charge in [-0.1, -0.05) is 22.0 Å². The molecule has 2 heterocycles. The molecule has 0 aliphatic rings. The van der Waals surface area contributed by atoms with E-state index >= 15 is 0 Å². The van der Waals surface area contributed by atoms with Crippen molar-refractivity contribution >= 4 is 15.9 Å². The number of hydrogen-bond acceptors (Lipinski definition) is 4. The van der Waals surface area contributed by atoms with Gasteiger partial charge in [0.15, 0.2) is 0 Å². The van der Waals surface area contributed by atoms with E-state index in [9.17, 15) is 0 Å². The van der Waals surface area contributed by atoms with Crippen LogP contribution in [0.1, 0.15) is 0 Å². The first kappa shape index (κ1) is 15.0. The number of hydrogen-bond donors (Lipinski definition) is 0. The molecule has 0 spiro atoms. The topological polar surface area (TPSA) is 44.2 Å². The van der Waals surface area contributed by atoms with Gasteiger partial charge in [-0.3, -0.25) is 9.97 Å². The molecule has 0 saturated heterocycles. The first-order valence-electron chi connectivity index (χ1n) is 4.88. The van der Waals surface area contributed by atoms with Gasteiger partial charge in [0.25, 0.3) is 0 Å². The summed E-state index contributed by atoms with van der Waals surface area (Å²) in [5, 5.41) is 0. The molecule has 0 unspecified atom stereocenters. The van der Waals surface area contributed by atoms with Gasteiger partial charge in [0, 0.05) is 16.5 Å². The van der Waals surface area contributed by atoms with Gasteiger partial charge in [0.1, 0.15) is 0 Å². The summed E-state index contributed by atoms with van der Waals surface area (Å²) in [5.41, 5.74) is 1.34. The van der Waals surface area contributed by atoms with Crippen molar-refractivity contribution in [1.29, 1.82) is 0 Å². The molecule has 0 aliphatic carbocycles. The summed E-state index contributed by atoms with van der Waals surface area (Å²) in [5.74, 6) is 1.02. The Labute approximate surface area is 126 Å². The monoisotopic (exact) mass is 300 g/mol. The number of aromatic nitrogens is 2. The average molecular weight is 301 g/mol. The van der Waals surface area contributed by atoms with Gasteiger partial charge in [-0.05, 0) is 17.9 Å². The first-order chi connectivity index (χ1) is 8.26. The van der Waals surface area contributed by atoms with Crippen LogP contribution in [-0.4, -0.2) is 24.2 Å². The molecule has 0 fully saturated rings. The van der Waals surface area contributed by atoms with Crippen LogP contribution in [-0.2, 0) is 0 Å². The minimum atomic E-state index is 0. The zero-order valence-corrected chi connectivity index (χ0v) is 12.0. The number of halogens is 1. The smallest absolute Gasteiger partial charge is 0.576 e. The van der Waals surface area contributed by atoms with E-state index in [2.05, 4.69) is 32.0 Å². The molecular weight excluding hydrogens is 291 g/mol. The van der Waals surface area contributed by atoms with E-state index in [1.165, 1.54) is 0 Å². The number of rotatable bonds is 3. The molecule has 88 valence electrons. The first-order valence-corrected chi connectivity index (χ1v) is 5.67. The van der Waals surface area contributed by atoms with Crippen LogP contribution in [0.2, 0.25) is 0 Å². The molecule has 0 N–H and O–H groups in total. The van der Waals surface area contributed by atoms with Crippen molar-refractivity contribution in [2.45, 2.75) is 0 Å². The Morgan fingerprint density at radius 1 is 1.22 bits per heavy atom. The second kappa shape index (κ2) is 6.79. The van der Waals surface area contributed by atoms with Crippen molar-refractivity contribution in [3.63, 3.8) is 0 Å². The second-order valence-corrected chi connectivity index (χ2v) is 3.91. The SMILES string of the molecule is COc1[c-]c(Br)nc(-c2ccccn2)c1OC.[Li+]. The Bertz CT molecular complexity index is 523. The third-order valence-electron chi connectivity index (χ3n) is 2.16. The zero-order valence-electron chi connectivity index (χ0n) is 10.4. The third kappa shape index (κ3) is 3.05. The molecule has 0 amide bonds. The van der Waals surface area contributed by atoms with Gasteiger partial charge >= 0.3 is 18.9 Å². The van der Waals surface area contributed by atoms with E-state index in [0.29, 0.717) is 21.8 Å². The van der Waals surface area contributed by atoms with Crippen molar-refractivity contribution in [2.24, 2.45) is 0 Å². The van der Waals surface area contributed by atoms with Crippen molar-refractivity contribution < 1.29 is 28.3 Å². The molecular formula is C12H10BrLiN2O2. The molecule has 0 radical (unpaired) electrons. The number of ether oxygens (including phenoxy) is 2. The quantitative estimate of drug-likeness (QED) is 0.445. The maximum Gasteiger partial charge on any atom is 1.00 e. The van der Waals surface area contributed by atoms with Gasteiger partial charge in [0.05, 0.1) is 25.6 Å². The van der Waals surface area contributed by atoms with Crippen LogP contribution < -0.4 is 28.3 Å². The second-order valence-electron chi connectivity index (χ2n) is 3.16. The number of pyridine rings is 2. The Hall–Kier alpha value is -1.02. The van der Waals surface area contributed by atoms with Crippen molar-refractivity contribution in [1.82, 2.24) is 9.97 Å². The van der Waals surface area contributed by atoms with Gasteiger partial charge in [-0.25, -0.2) is 0 Å². The summed E-state index contributed by atoms with van der Waals surface area (Å²) in [6, 6.07) is 8.51. The molecule has 0 saturated carbocycles. The van der Waals surface area contributed by atoms with E-state index in [0.717, 1.165) is 5.69 Å². The van der Waals surface area contributed by atoms with Crippen LogP contribution in [0, 0.1) is 6.07 Å². The van der Waals surface area contributed by atoms with Crippen molar-refractivity contribution in [3.05, 3.63) is 35.1 Å². The summed E-state index contributed by atoms with van der Waals surface area (Å²) < 4.78 is 11.0. The molecule has 0 aliphatic heterocycles. The minimum Gasteiger partial charge on any atom is -0.576 e. The summed E-state index contributed by atoms with van der Waals surface area (Å²) in [6.45, 7) is 0. The Kier molecular flexibility index (Phi) is 5.67. The standard InChI is InChI=1S/C12H10BrN2O2.Li/c1-16-9-7-10(13)15-11(12(9)17-2)8-5-3-4-6-14-8;/h3-6H,1-2H3;/q-1;+1. The Morgan fingerprint density at radius 2 is 2.00 bits per heavy atom. The number of methoxy groups -OCH3 is 2. The summed E-state index contributed by atoms with van der Waals surface area (Å²) in [7, 11) is 3.12. The van der Waals surface area contributed by atoms with Crippen molar-refractivity contribution in [3.8, 4) is 22.9 Å². The molecule has 0 bridgehead atoms. The molecule has 2 aromatic rings. The fraction of sp³-hybridized carbons (Fsp3) is 0.167. The zero-order chi connectivity index (χ0) is 12.3. The molecule has 2 rings (SSSR count). The number of nitrogens with zero attached hydrogens (tertiary/aromatic N) is 2. The van der Waals surface area contributed by atoms with E-state index in [4.69, 9.17) is 9.47 Å². The molecule has 4 nitrogen and oxygen atoms in total. The van der Waals surface area contributed by atoms with Gasteiger partial charge in [-0.15, -0.1) is 0 Å². The fourth-order valence-electron chi connectivity index (χ4n) is 1.44. The Balaban J connectivity index is 0.00000162. The van der Waals surface area contributed by atoms with Crippen LogP contribution in [0.5, 0.6) is 11.5 Å². The normalized spacial score (nSPS) is 9.50. The largest absolute Gasteiger partial charge is 1.00 e. The van der Waals surface area contributed by atoms with Crippen LogP contribution in [0.15, 0.2) is 29.0 Å². The Morgan fingerprint density at radius 3 is 2.56 bits per heavy atom. The van der Waals surface area contributed by atoms with Crippen LogP contribution >= 0.6 is 15.9 Å². The molecule has 6 heteroatoms. The molecule has 18 heavy (non-hydrogen) atoms.